The summed E-state index contributed by atoms with van der Waals surface area (Å²) >= 11 is 1.90. The van der Waals surface area contributed by atoms with Crippen molar-refractivity contribution in [3.8, 4) is 0 Å². The van der Waals surface area contributed by atoms with Gasteiger partial charge < -0.3 is 0 Å². The lowest BCUT2D eigenvalue weighted by molar-refractivity contribution is -0.665. The van der Waals surface area contributed by atoms with E-state index in [0.29, 0.717) is 0 Å². The van der Waals surface area contributed by atoms with E-state index in [9.17, 15) is 0 Å². The number of para-hydroxylation sites is 1. The number of hydrogen-bond acceptors (Lipinski definition) is 1. The minimum Gasteiger partial charge on any atom is -0.182 e. The van der Waals surface area contributed by atoms with Gasteiger partial charge in [0.1, 0.15) is 11.2 Å². The third kappa shape index (κ3) is 2.57. The summed E-state index contributed by atoms with van der Waals surface area (Å²) in [6, 6.07) is 8.70. The zero-order valence-electron chi connectivity index (χ0n) is 12.5. The van der Waals surface area contributed by atoms with Crippen molar-refractivity contribution in [2.45, 2.75) is 40.2 Å². The molecule has 1 nitrogen and oxygen atoms in total. The summed E-state index contributed by atoms with van der Waals surface area (Å²) in [6.07, 6.45) is 7.23. The maximum Gasteiger partial charge on any atom is 0.263 e. The second kappa shape index (κ2) is 5.53. The number of aromatic nitrogens is 1. The molecule has 0 radical (unpaired) electrons. The minimum atomic E-state index is 0.774. The first-order valence-corrected chi connectivity index (χ1v) is 8.28. The Labute approximate surface area is 125 Å². The second-order valence-electron chi connectivity index (χ2n) is 5.88. The van der Waals surface area contributed by atoms with Crippen LogP contribution in [-0.2, 0) is 6.54 Å². The van der Waals surface area contributed by atoms with Gasteiger partial charge in [-0.2, -0.15) is 4.57 Å². The van der Waals surface area contributed by atoms with Crippen molar-refractivity contribution in [1.82, 2.24) is 0 Å². The van der Waals surface area contributed by atoms with Crippen molar-refractivity contribution >= 4 is 27.6 Å². The molecular formula is C18H22NS+. The van der Waals surface area contributed by atoms with Gasteiger partial charge in [0.05, 0.1) is 0 Å². The molecule has 1 aliphatic rings. The van der Waals surface area contributed by atoms with Crippen molar-refractivity contribution < 1.29 is 4.57 Å². The molecule has 0 bridgehead atoms. The van der Waals surface area contributed by atoms with Crippen LogP contribution in [0.5, 0.6) is 0 Å². The zero-order valence-corrected chi connectivity index (χ0v) is 13.3. The maximum absolute atomic E-state index is 2.43. The van der Waals surface area contributed by atoms with Gasteiger partial charge in [-0.05, 0) is 44.2 Å². The molecule has 1 atom stereocenters. The highest BCUT2D eigenvalue weighted by molar-refractivity contribution is 7.18. The Hall–Kier alpha value is -1.41. The summed E-state index contributed by atoms with van der Waals surface area (Å²) in [7, 11) is 0. The van der Waals surface area contributed by atoms with Crippen molar-refractivity contribution in [3.63, 3.8) is 0 Å². The first kappa shape index (κ1) is 13.6. The molecule has 0 amide bonds. The normalized spacial score (nSPS) is 21.4. The number of allylic oxidation sites excluding steroid dienone is 3. The highest BCUT2D eigenvalue weighted by Crippen LogP contribution is 2.30. The second-order valence-corrected chi connectivity index (χ2v) is 6.94. The van der Waals surface area contributed by atoms with E-state index in [-0.39, 0.29) is 0 Å². The smallest absolute Gasteiger partial charge is 0.182 e. The van der Waals surface area contributed by atoms with Gasteiger partial charge >= 0.3 is 0 Å². The highest BCUT2D eigenvalue weighted by atomic mass is 32.1. The average molecular weight is 284 g/mol. The molecule has 3 rings (SSSR count). The van der Waals surface area contributed by atoms with Crippen LogP contribution in [0.2, 0.25) is 0 Å². The predicted octanol–water partition coefficient (Wildman–Crippen LogP) is 4.97. The van der Waals surface area contributed by atoms with Gasteiger partial charge in [0.15, 0.2) is 0 Å². The third-order valence-corrected chi connectivity index (χ3v) is 5.06. The molecule has 0 N–H and O–H groups in total. The largest absolute Gasteiger partial charge is 0.263 e. The summed E-state index contributed by atoms with van der Waals surface area (Å²) in [6.45, 7) is 7.86. The maximum atomic E-state index is 2.43. The van der Waals surface area contributed by atoms with E-state index in [1.807, 2.05) is 11.3 Å². The molecule has 2 heteroatoms. The van der Waals surface area contributed by atoms with Crippen LogP contribution in [0, 0.1) is 5.92 Å². The van der Waals surface area contributed by atoms with Crippen LogP contribution in [-0.4, -0.2) is 0 Å². The molecule has 2 aromatic rings. The van der Waals surface area contributed by atoms with E-state index in [0.717, 1.165) is 12.5 Å². The quantitative estimate of drug-likeness (QED) is 0.686. The monoisotopic (exact) mass is 284 g/mol. The van der Waals surface area contributed by atoms with Crippen LogP contribution in [0.25, 0.3) is 16.3 Å². The minimum absolute atomic E-state index is 0.774. The molecule has 104 valence electrons. The highest BCUT2D eigenvalue weighted by Gasteiger charge is 2.19. The number of benzene rings is 1. The summed E-state index contributed by atoms with van der Waals surface area (Å²) in [5, 5.41) is 1.38. The Bertz CT molecular complexity index is 691. The molecule has 0 fully saturated rings. The third-order valence-electron chi connectivity index (χ3n) is 3.95. The molecule has 0 saturated heterocycles. The van der Waals surface area contributed by atoms with Gasteiger partial charge in [-0.1, -0.05) is 42.0 Å². The van der Waals surface area contributed by atoms with Crippen molar-refractivity contribution in [1.29, 1.82) is 0 Å². The Morgan fingerprint density at radius 2 is 2.10 bits per heavy atom. The summed E-state index contributed by atoms with van der Waals surface area (Å²) in [4.78, 5) is 0. The van der Waals surface area contributed by atoms with Crippen molar-refractivity contribution in [2.24, 2.45) is 5.92 Å². The van der Waals surface area contributed by atoms with E-state index in [1.54, 1.807) is 0 Å². The van der Waals surface area contributed by atoms with Crippen molar-refractivity contribution in [3.05, 3.63) is 46.5 Å². The fourth-order valence-corrected chi connectivity index (χ4v) is 4.41. The van der Waals surface area contributed by atoms with Gasteiger partial charge in [0, 0.05) is 12.1 Å². The van der Waals surface area contributed by atoms with Gasteiger partial charge in [0.2, 0.25) is 5.52 Å². The first-order valence-electron chi connectivity index (χ1n) is 7.46. The Balaban J connectivity index is 2.08. The van der Waals surface area contributed by atoms with Crippen LogP contribution in [0.4, 0.5) is 0 Å². The fraction of sp³-hybridized carbons (Fsp3) is 0.389. The molecule has 0 aliphatic heterocycles. The fourth-order valence-electron chi connectivity index (χ4n) is 3.20. The lowest BCUT2D eigenvalue weighted by atomic mass is 9.88. The number of hydrogen-bond donors (Lipinski definition) is 0. The molecule has 1 aromatic carbocycles. The Morgan fingerprint density at radius 3 is 2.85 bits per heavy atom. The molecule has 0 unspecified atom stereocenters. The average Bonchev–Trinajstić information content (AvgIpc) is 2.74. The molecule has 1 aliphatic carbocycles. The predicted molar refractivity (Wildman–Crippen MR) is 87.8 cm³/mol. The SMILES string of the molecule is CC[n+]1c(/C=C2/C=C(C)C[C@@H](C)C2)sc2ccccc21. The van der Waals surface area contributed by atoms with Gasteiger partial charge in [-0.3, -0.25) is 0 Å². The standard InChI is InChI=1S/C18H22NS/c1-4-19-16-7-5-6-8-17(16)20-18(19)12-15-10-13(2)9-14(3)11-15/h5-8,10,12,14H,4,9,11H2,1-3H3/q+1/b15-12-/t14-/m1/s1. The van der Waals surface area contributed by atoms with Crippen LogP contribution >= 0.6 is 11.3 Å². The zero-order chi connectivity index (χ0) is 14.1. The van der Waals surface area contributed by atoms with Crippen LogP contribution < -0.4 is 4.57 Å². The van der Waals surface area contributed by atoms with E-state index < -0.39 is 0 Å². The Morgan fingerprint density at radius 1 is 1.30 bits per heavy atom. The number of fused-ring (bicyclic) bond motifs is 1. The number of nitrogens with zero attached hydrogens (tertiary/aromatic N) is 1. The summed E-state index contributed by atoms with van der Waals surface area (Å²) in [5.74, 6) is 0.774. The lowest BCUT2D eigenvalue weighted by Crippen LogP contribution is -2.33. The molecule has 1 aromatic heterocycles. The topological polar surface area (TPSA) is 3.88 Å². The summed E-state index contributed by atoms with van der Waals surface area (Å²) < 4.78 is 3.81. The van der Waals surface area contributed by atoms with Crippen LogP contribution in [0.1, 0.15) is 38.6 Å². The van der Waals surface area contributed by atoms with E-state index >= 15 is 0 Å². The van der Waals surface area contributed by atoms with Crippen LogP contribution in [0.15, 0.2) is 41.5 Å². The Kier molecular flexibility index (Phi) is 3.75. The number of rotatable bonds is 2. The summed E-state index contributed by atoms with van der Waals surface area (Å²) in [5.41, 5.74) is 4.35. The molecule has 0 spiro atoms. The van der Waals surface area contributed by atoms with E-state index in [1.165, 1.54) is 39.2 Å². The molecule has 20 heavy (non-hydrogen) atoms. The van der Waals surface area contributed by atoms with Crippen molar-refractivity contribution in [2.75, 3.05) is 0 Å². The van der Waals surface area contributed by atoms with Gasteiger partial charge in [0.25, 0.3) is 5.01 Å². The molecular weight excluding hydrogens is 262 g/mol. The van der Waals surface area contributed by atoms with Gasteiger partial charge in [-0.15, -0.1) is 0 Å². The molecule has 0 saturated carbocycles. The van der Waals surface area contributed by atoms with E-state index in [2.05, 4.69) is 61.8 Å². The first-order chi connectivity index (χ1) is 9.67. The van der Waals surface area contributed by atoms with Gasteiger partial charge in [-0.25, -0.2) is 0 Å². The number of thiazole rings is 1. The lowest BCUT2D eigenvalue weighted by Gasteiger charge is -2.18. The number of aryl methyl sites for hydroxylation is 1. The van der Waals surface area contributed by atoms with Crippen LogP contribution in [0.3, 0.4) is 0 Å². The van der Waals surface area contributed by atoms with E-state index in [4.69, 9.17) is 0 Å². The molecule has 1 heterocycles.